The molecular weight excluding hydrogens is 434 g/mol. The van der Waals surface area contributed by atoms with Gasteiger partial charge >= 0.3 is 0 Å². The van der Waals surface area contributed by atoms with Gasteiger partial charge in [-0.15, -0.1) is 0 Å². The van der Waals surface area contributed by atoms with Crippen molar-refractivity contribution in [2.24, 2.45) is 0 Å². The Morgan fingerprint density at radius 3 is 2.21 bits per heavy atom. The van der Waals surface area contributed by atoms with Gasteiger partial charge < -0.3 is 15.4 Å². The first-order chi connectivity index (χ1) is 15.9. The van der Waals surface area contributed by atoms with Crippen LogP contribution in [-0.2, 0) is 6.42 Å². The van der Waals surface area contributed by atoms with Crippen molar-refractivity contribution in [3.05, 3.63) is 95.6 Å². The highest BCUT2D eigenvalue weighted by molar-refractivity contribution is 7.80. The van der Waals surface area contributed by atoms with Gasteiger partial charge in [0.25, 0.3) is 11.8 Å². The molecule has 0 aliphatic rings. The van der Waals surface area contributed by atoms with Crippen LogP contribution in [-0.4, -0.2) is 29.6 Å². The minimum Gasteiger partial charge on any atom is -0.490 e. The van der Waals surface area contributed by atoms with E-state index in [2.05, 4.69) is 16.0 Å². The molecule has 170 valence electrons. The molecule has 0 heterocycles. The third-order valence-electron chi connectivity index (χ3n) is 4.68. The molecule has 0 bridgehead atoms. The number of amides is 2. The molecule has 3 N–H and O–H groups in total. The number of nitrogens with one attached hydrogen (secondary N) is 3. The monoisotopic (exact) mass is 461 g/mol. The Bertz CT molecular complexity index is 1120. The van der Waals surface area contributed by atoms with Gasteiger partial charge in [-0.25, -0.2) is 0 Å². The van der Waals surface area contributed by atoms with Crippen LogP contribution in [0.5, 0.6) is 5.75 Å². The molecule has 0 aliphatic carbocycles. The molecule has 3 aromatic rings. The SMILES string of the molecule is CC(C)Oc1ccccc1C(=O)NC(=S)Nc1ccccc1C(=O)NCCc1ccccc1. The molecule has 0 spiro atoms. The zero-order chi connectivity index (χ0) is 23.6. The zero-order valence-corrected chi connectivity index (χ0v) is 19.4. The highest BCUT2D eigenvalue weighted by Crippen LogP contribution is 2.20. The summed E-state index contributed by atoms with van der Waals surface area (Å²) in [5.74, 6) is -0.140. The van der Waals surface area contributed by atoms with Crippen molar-refractivity contribution in [1.29, 1.82) is 0 Å². The Morgan fingerprint density at radius 1 is 0.848 bits per heavy atom. The summed E-state index contributed by atoms with van der Waals surface area (Å²) >= 11 is 5.33. The fraction of sp³-hybridized carbons (Fsp3) is 0.192. The first-order valence-corrected chi connectivity index (χ1v) is 11.1. The van der Waals surface area contributed by atoms with Crippen molar-refractivity contribution in [2.75, 3.05) is 11.9 Å². The second-order valence-corrected chi connectivity index (χ2v) is 8.02. The molecule has 7 heteroatoms. The molecule has 3 rings (SSSR count). The topological polar surface area (TPSA) is 79.5 Å². The minimum absolute atomic E-state index is 0.0729. The van der Waals surface area contributed by atoms with E-state index in [0.717, 1.165) is 12.0 Å². The van der Waals surface area contributed by atoms with Crippen LogP contribution in [0.4, 0.5) is 5.69 Å². The van der Waals surface area contributed by atoms with Crippen LogP contribution >= 0.6 is 12.2 Å². The lowest BCUT2D eigenvalue weighted by atomic mass is 10.1. The summed E-state index contributed by atoms with van der Waals surface area (Å²) in [6.07, 6.45) is 0.658. The number of hydrogen-bond acceptors (Lipinski definition) is 4. The molecule has 0 aromatic heterocycles. The number of ether oxygens (including phenoxy) is 1. The molecule has 0 radical (unpaired) electrons. The number of hydrogen-bond donors (Lipinski definition) is 3. The van der Waals surface area contributed by atoms with Crippen molar-refractivity contribution in [1.82, 2.24) is 10.6 Å². The van der Waals surface area contributed by atoms with Crippen molar-refractivity contribution in [2.45, 2.75) is 26.4 Å². The highest BCUT2D eigenvalue weighted by atomic mass is 32.1. The Morgan fingerprint density at radius 2 is 1.48 bits per heavy atom. The maximum absolute atomic E-state index is 12.7. The van der Waals surface area contributed by atoms with E-state index in [0.29, 0.717) is 29.1 Å². The molecule has 0 atom stereocenters. The third-order valence-corrected chi connectivity index (χ3v) is 4.89. The molecule has 0 saturated heterocycles. The number of anilines is 1. The van der Waals surface area contributed by atoms with Crippen molar-refractivity contribution >= 4 is 34.8 Å². The Balaban J connectivity index is 1.61. The van der Waals surface area contributed by atoms with Crippen LogP contribution < -0.4 is 20.7 Å². The van der Waals surface area contributed by atoms with E-state index in [1.54, 1.807) is 48.5 Å². The predicted molar refractivity (Wildman–Crippen MR) is 135 cm³/mol. The summed E-state index contributed by atoms with van der Waals surface area (Å²) in [7, 11) is 0. The van der Waals surface area contributed by atoms with Gasteiger partial charge in [-0.1, -0.05) is 54.6 Å². The predicted octanol–water partition coefficient (Wildman–Crippen LogP) is 4.57. The summed E-state index contributed by atoms with van der Waals surface area (Å²) in [6, 6.07) is 23.9. The second kappa shape index (κ2) is 11.8. The number of para-hydroxylation sites is 2. The maximum atomic E-state index is 12.7. The molecule has 33 heavy (non-hydrogen) atoms. The van der Waals surface area contributed by atoms with Crippen LogP contribution in [0, 0.1) is 0 Å². The summed E-state index contributed by atoms with van der Waals surface area (Å²) in [5, 5.41) is 8.63. The molecular formula is C26H27N3O3S. The van der Waals surface area contributed by atoms with Gasteiger partial charge in [-0.3, -0.25) is 14.9 Å². The standard InChI is InChI=1S/C26H27N3O3S/c1-18(2)32-23-15-9-7-13-21(23)25(31)29-26(33)28-22-14-8-6-12-20(22)24(30)27-17-16-19-10-4-3-5-11-19/h3-15,18H,16-17H2,1-2H3,(H,27,30)(H2,28,29,31,33). The van der Waals surface area contributed by atoms with Gasteiger partial charge in [-0.05, 0) is 62.3 Å². The van der Waals surface area contributed by atoms with Crippen LogP contribution in [0.3, 0.4) is 0 Å². The maximum Gasteiger partial charge on any atom is 0.261 e. The second-order valence-electron chi connectivity index (χ2n) is 7.61. The lowest BCUT2D eigenvalue weighted by molar-refractivity contribution is 0.0952. The average molecular weight is 462 g/mol. The summed E-state index contributed by atoms with van der Waals surface area (Å²) in [5.41, 5.74) is 2.47. The summed E-state index contributed by atoms with van der Waals surface area (Å²) in [6.45, 7) is 4.29. The van der Waals surface area contributed by atoms with Gasteiger partial charge in [0.1, 0.15) is 5.75 Å². The number of carbonyl (C=O) groups excluding carboxylic acids is 2. The molecule has 0 unspecified atom stereocenters. The van der Waals surface area contributed by atoms with E-state index in [1.807, 2.05) is 44.2 Å². The van der Waals surface area contributed by atoms with Crippen LogP contribution in [0.1, 0.15) is 40.1 Å². The molecule has 0 saturated carbocycles. The molecule has 0 fully saturated rings. The van der Waals surface area contributed by atoms with Crippen LogP contribution in [0.2, 0.25) is 0 Å². The van der Waals surface area contributed by atoms with Crippen molar-refractivity contribution < 1.29 is 14.3 Å². The number of rotatable bonds is 8. The first-order valence-electron chi connectivity index (χ1n) is 10.7. The molecule has 6 nitrogen and oxygen atoms in total. The summed E-state index contributed by atoms with van der Waals surface area (Å²) in [4.78, 5) is 25.5. The quantitative estimate of drug-likeness (QED) is 0.428. The van der Waals surface area contributed by atoms with Crippen molar-refractivity contribution in [3.8, 4) is 5.75 Å². The van der Waals surface area contributed by atoms with E-state index in [4.69, 9.17) is 17.0 Å². The van der Waals surface area contributed by atoms with Gasteiger partial charge in [0.15, 0.2) is 5.11 Å². The summed E-state index contributed by atoms with van der Waals surface area (Å²) < 4.78 is 5.71. The molecule has 2 amide bonds. The Labute approximate surface area is 199 Å². The number of benzene rings is 3. The van der Waals surface area contributed by atoms with E-state index >= 15 is 0 Å². The van der Waals surface area contributed by atoms with Crippen molar-refractivity contribution in [3.63, 3.8) is 0 Å². The zero-order valence-electron chi connectivity index (χ0n) is 18.6. The fourth-order valence-corrected chi connectivity index (χ4v) is 3.39. The van der Waals surface area contributed by atoms with Gasteiger partial charge in [0.2, 0.25) is 0 Å². The van der Waals surface area contributed by atoms with E-state index in [9.17, 15) is 9.59 Å². The molecule has 0 aliphatic heterocycles. The largest absolute Gasteiger partial charge is 0.490 e. The smallest absolute Gasteiger partial charge is 0.261 e. The minimum atomic E-state index is -0.395. The third kappa shape index (κ3) is 7.15. The normalized spacial score (nSPS) is 10.4. The average Bonchev–Trinajstić information content (AvgIpc) is 2.80. The Hall–Kier alpha value is -3.71. The van der Waals surface area contributed by atoms with Gasteiger partial charge in [0, 0.05) is 6.54 Å². The Kier molecular flexibility index (Phi) is 8.55. The molecule has 3 aromatic carbocycles. The first kappa shape index (κ1) is 23.9. The highest BCUT2D eigenvalue weighted by Gasteiger charge is 2.16. The lowest BCUT2D eigenvalue weighted by Gasteiger charge is -2.16. The van der Waals surface area contributed by atoms with Gasteiger partial charge in [-0.2, -0.15) is 0 Å². The lowest BCUT2D eigenvalue weighted by Crippen LogP contribution is -2.35. The number of thiocarbonyl (C=S) groups is 1. The fourth-order valence-electron chi connectivity index (χ4n) is 3.19. The van der Waals surface area contributed by atoms with Gasteiger partial charge in [0.05, 0.1) is 22.9 Å². The van der Waals surface area contributed by atoms with E-state index in [1.165, 1.54) is 0 Å². The van der Waals surface area contributed by atoms with E-state index in [-0.39, 0.29) is 17.1 Å². The van der Waals surface area contributed by atoms with Crippen LogP contribution in [0.15, 0.2) is 78.9 Å². The van der Waals surface area contributed by atoms with E-state index < -0.39 is 5.91 Å². The van der Waals surface area contributed by atoms with Crippen LogP contribution in [0.25, 0.3) is 0 Å². The number of carbonyl (C=O) groups is 2.